The van der Waals surface area contributed by atoms with E-state index in [1.807, 2.05) is 12.1 Å². The van der Waals surface area contributed by atoms with Crippen LogP contribution in [0.2, 0.25) is 0 Å². The Morgan fingerprint density at radius 1 is 1.28 bits per heavy atom. The second-order valence-corrected chi connectivity index (χ2v) is 5.90. The molecule has 1 saturated carbocycles. The number of para-hydroxylation sites is 1. The first-order chi connectivity index (χ1) is 12.1. The Hall–Kier alpha value is -3.09. The number of rotatable bonds is 7. The molecule has 2 aromatic carbocycles. The quantitative estimate of drug-likeness (QED) is 0.596. The summed E-state index contributed by atoms with van der Waals surface area (Å²) in [4.78, 5) is 22.9. The monoisotopic (exact) mass is 341 g/mol. The zero-order valence-corrected chi connectivity index (χ0v) is 13.8. The molecule has 0 spiro atoms. The van der Waals surface area contributed by atoms with Crippen LogP contribution in [0.3, 0.4) is 0 Å². The first-order valence-corrected chi connectivity index (χ1v) is 8.03. The Kier molecular flexibility index (Phi) is 4.83. The number of nitro benzene ring substituents is 1. The van der Waals surface area contributed by atoms with Crippen LogP contribution in [-0.2, 0) is 6.54 Å². The van der Waals surface area contributed by atoms with Crippen LogP contribution in [0, 0.1) is 10.1 Å². The third-order valence-electron chi connectivity index (χ3n) is 4.03. The molecule has 2 aromatic rings. The first kappa shape index (κ1) is 16.8. The maximum absolute atomic E-state index is 12.3. The highest BCUT2D eigenvalue weighted by molar-refractivity contribution is 5.99. The normalized spacial score (nSPS) is 13.2. The van der Waals surface area contributed by atoms with Crippen molar-refractivity contribution in [2.45, 2.75) is 25.4 Å². The summed E-state index contributed by atoms with van der Waals surface area (Å²) in [6.45, 7) is 0.304. The van der Waals surface area contributed by atoms with Crippen molar-refractivity contribution in [1.29, 1.82) is 0 Å². The number of non-ortho nitro benzene ring substituents is 1. The lowest BCUT2D eigenvalue weighted by Crippen LogP contribution is -2.26. The fraction of sp³-hybridized carbons (Fsp3) is 0.278. The predicted octanol–water partition coefficient (Wildman–Crippen LogP) is 3.11. The molecule has 1 amide bonds. The fourth-order valence-electron chi connectivity index (χ4n) is 2.53. The highest BCUT2D eigenvalue weighted by Gasteiger charge is 2.24. The van der Waals surface area contributed by atoms with Gasteiger partial charge in [-0.25, -0.2) is 0 Å². The van der Waals surface area contributed by atoms with Crippen LogP contribution in [0.4, 0.5) is 11.4 Å². The molecule has 0 aromatic heterocycles. The molecule has 0 aliphatic heterocycles. The maximum atomic E-state index is 12.3. The van der Waals surface area contributed by atoms with Gasteiger partial charge < -0.3 is 15.4 Å². The Morgan fingerprint density at radius 3 is 2.72 bits per heavy atom. The summed E-state index contributed by atoms with van der Waals surface area (Å²) < 4.78 is 5.27. The number of amides is 1. The Balaban J connectivity index is 1.78. The number of methoxy groups -OCH3 is 1. The van der Waals surface area contributed by atoms with E-state index in [9.17, 15) is 14.9 Å². The van der Waals surface area contributed by atoms with Crippen molar-refractivity contribution in [3.05, 3.63) is 63.7 Å². The number of nitrogens with one attached hydrogen (secondary N) is 2. The van der Waals surface area contributed by atoms with E-state index < -0.39 is 4.92 Å². The molecule has 0 atom stereocenters. The molecule has 0 saturated heterocycles. The third kappa shape index (κ3) is 4.06. The van der Waals surface area contributed by atoms with Gasteiger partial charge in [-0.2, -0.15) is 0 Å². The molecule has 1 fully saturated rings. The maximum Gasteiger partial charge on any atom is 0.270 e. The summed E-state index contributed by atoms with van der Waals surface area (Å²) in [7, 11) is 1.52. The van der Waals surface area contributed by atoms with Crippen LogP contribution in [0.1, 0.15) is 28.8 Å². The van der Waals surface area contributed by atoms with Gasteiger partial charge in [-0.3, -0.25) is 14.9 Å². The van der Waals surface area contributed by atoms with E-state index in [2.05, 4.69) is 10.6 Å². The summed E-state index contributed by atoms with van der Waals surface area (Å²) in [6, 6.07) is 11.9. The number of ether oxygens (including phenoxy) is 1. The van der Waals surface area contributed by atoms with Crippen molar-refractivity contribution in [3.8, 4) is 5.75 Å². The average Bonchev–Trinajstić information content (AvgIpc) is 3.43. The lowest BCUT2D eigenvalue weighted by atomic mass is 10.1. The highest BCUT2D eigenvalue weighted by Crippen LogP contribution is 2.26. The summed E-state index contributed by atoms with van der Waals surface area (Å²) in [5.74, 6) is 0.439. The minimum Gasteiger partial charge on any atom is -0.496 e. The molecule has 1 aliphatic carbocycles. The van der Waals surface area contributed by atoms with Gasteiger partial charge in [0.1, 0.15) is 5.75 Å². The van der Waals surface area contributed by atoms with Crippen molar-refractivity contribution in [3.63, 3.8) is 0 Å². The van der Waals surface area contributed by atoms with Crippen LogP contribution in [-0.4, -0.2) is 24.0 Å². The van der Waals surface area contributed by atoms with Crippen LogP contribution in [0.15, 0.2) is 42.5 Å². The second-order valence-electron chi connectivity index (χ2n) is 5.90. The van der Waals surface area contributed by atoms with Crippen molar-refractivity contribution >= 4 is 17.3 Å². The minimum atomic E-state index is -0.444. The largest absolute Gasteiger partial charge is 0.496 e. The lowest BCUT2D eigenvalue weighted by molar-refractivity contribution is -0.384. The number of nitro groups is 1. The minimum absolute atomic E-state index is 0.00244. The number of hydrogen-bond donors (Lipinski definition) is 2. The molecule has 1 aliphatic rings. The van der Waals surface area contributed by atoms with E-state index >= 15 is 0 Å². The molecule has 25 heavy (non-hydrogen) atoms. The molecule has 0 heterocycles. The molecule has 7 nitrogen and oxygen atoms in total. The standard InChI is InChI=1S/C18H19N3O4/c1-25-17-9-8-14(21(23)24)10-12(17)11-19-16-5-3-2-4-15(16)18(22)20-13-6-7-13/h2-5,8-10,13,19H,6-7,11H2,1H3,(H,20,22). The number of carbonyl (C=O) groups is 1. The highest BCUT2D eigenvalue weighted by atomic mass is 16.6. The van der Waals surface area contributed by atoms with Gasteiger partial charge in [0, 0.05) is 36.0 Å². The van der Waals surface area contributed by atoms with Crippen LogP contribution in [0.25, 0.3) is 0 Å². The molecule has 0 bridgehead atoms. The molecule has 130 valence electrons. The Bertz CT molecular complexity index is 803. The zero-order chi connectivity index (χ0) is 17.8. The SMILES string of the molecule is COc1ccc([N+](=O)[O-])cc1CNc1ccccc1C(=O)NC1CC1. The number of hydrogen-bond acceptors (Lipinski definition) is 5. The van der Waals surface area contributed by atoms with Crippen molar-refractivity contribution < 1.29 is 14.5 Å². The summed E-state index contributed by atoms with van der Waals surface area (Å²) in [5, 5.41) is 17.1. The topological polar surface area (TPSA) is 93.5 Å². The Morgan fingerprint density at radius 2 is 2.04 bits per heavy atom. The van der Waals surface area contributed by atoms with Gasteiger partial charge >= 0.3 is 0 Å². The van der Waals surface area contributed by atoms with Gasteiger partial charge in [0.15, 0.2) is 0 Å². The predicted molar refractivity (Wildman–Crippen MR) is 93.9 cm³/mol. The van der Waals surface area contributed by atoms with E-state index in [4.69, 9.17) is 4.74 Å². The molecule has 7 heteroatoms. The number of carbonyl (C=O) groups excluding carboxylic acids is 1. The lowest BCUT2D eigenvalue weighted by Gasteiger charge is -2.14. The van der Waals surface area contributed by atoms with Gasteiger partial charge in [-0.1, -0.05) is 12.1 Å². The Labute approximate surface area is 145 Å². The van der Waals surface area contributed by atoms with Gasteiger partial charge in [0.05, 0.1) is 17.6 Å². The van der Waals surface area contributed by atoms with Crippen molar-refractivity contribution in [2.75, 3.05) is 12.4 Å². The number of benzene rings is 2. The zero-order valence-electron chi connectivity index (χ0n) is 13.8. The smallest absolute Gasteiger partial charge is 0.270 e. The van der Waals surface area contributed by atoms with Crippen molar-refractivity contribution in [2.24, 2.45) is 0 Å². The number of nitrogens with zero attached hydrogens (tertiary/aromatic N) is 1. The van der Waals surface area contributed by atoms with Gasteiger partial charge in [0.25, 0.3) is 11.6 Å². The fourth-order valence-corrected chi connectivity index (χ4v) is 2.53. The molecule has 3 rings (SSSR count). The molecule has 2 N–H and O–H groups in total. The van der Waals surface area contributed by atoms with E-state index in [1.54, 1.807) is 18.2 Å². The van der Waals surface area contributed by atoms with E-state index in [1.165, 1.54) is 19.2 Å². The molecular weight excluding hydrogens is 322 g/mol. The third-order valence-corrected chi connectivity index (χ3v) is 4.03. The first-order valence-electron chi connectivity index (χ1n) is 8.03. The number of anilines is 1. The summed E-state index contributed by atoms with van der Waals surface area (Å²) in [6.07, 6.45) is 2.04. The van der Waals surface area contributed by atoms with Gasteiger partial charge in [-0.05, 0) is 31.0 Å². The van der Waals surface area contributed by atoms with Crippen molar-refractivity contribution in [1.82, 2.24) is 5.32 Å². The average molecular weight is 341 g/mol. The van der Waals surface area contributed by atoms with Crippen LogP contribution >= 0.6 is 0 Å². The second kappa shape index (κ2) is 7.21. The van der Waals surface area contributed by atoms with Crippen LogP contribution < -0.4 is 15.4 Å². The van der Waals surface area contributed by atoms with E-state index in [-0.39, 0.29) is 17.6 Å². The van der Waals surface area contributed by atoms with Gasteiger partial charge in [0.2, 0.25) is 0 Å². The van der Waals surface area contributed by atoms with Gasteiger partial charge in [-0.15, -0.1) is 0 Å². The summed E-state index contributed by atoms with van der Waals surface area (Å²) in [5.41, 5.74) is 1.87. The molecule has 0 unspecified atom stereocenters. The molecule has 0 radical (unpaired) electrons. The van der Waals surface area contributed by atoms with Crippen LogP contribution in [0.5, 0.6) is 5.75 Å². The van der Waals surface area contributed by atoms with E-state index in [0.717, 1.165) is 12.8 Å². The van der Waals surface area contributed by atoms with E-state index in [0.29, 0.717) is 29.1 Å². The molecular formula is C18H19N3O4. The summed E-state index contributed by atoms with van der Waals surface area (Å²) >= 11 is 0.